The van der Waals surface area contributed by atoms with Crippen molar-refractivity contribution in [3.63, 3.8) is 0 Å². The summed E-state index contributed by atoms with van der Waals surface area (Å²) in [4.78, 5) is 0. The van der Waals surface area contributed by atoms with Crippen LogP contribution in [-0.2, 0) is 0 Å². The number of rotatable bonds is 2. The Morgan fingerprint density at radius 1 is 1.40 bits per heavy atom. The zero-order valence-corrected chi connectivity index (χ0v) is 7.63. The Bertz CT molecular complexity index is 187. The summed E-state index contributed by atoms with van der Waals surface area (Å²) in [6.45, 7) is 7.36. The molecule has 0 atom stereocenters. The third-order valence-electron chi connectivity index (χ3n) is 1.07. The number of hydrogen-bond acceptors (Lipinski definition) is 0. The highest BCUT2D eigenvalue weighted by atomic mass is 35.5. The summed E-state index contributed by atoms with van der Waals surface area (Å²) in [6.07, 6.45) is 3.72. The SMILES string of the molecule is C=C(Cl)/C(Cl)=C\C(C)=C/C. The first-order chi connectivity index (χ1) is 4.57. The van der Waals surface area contributed by atoms with E-state index in [1.54, 1.807) is 6.08 Å². The van der Waals surface area contributed by atoms with E-state index in [9.17, 15) is 0 Å². The molecule has 0 amide bonds. The van der Waals surface area contributed by atoms with Crippen LogP contribution in [0.5, 0.6) is 0 Å². The zero-order chi connectivity index (χ0) is 8.15. The second kappa shape index (κ2) is 4.59. The van der Waals surface area contributed by atoms with Crippen LogP contribution in [0.2, 0.25) is 0 Å². The van der Waals surface area contributed by atoms with Gasteiger partial charge in [-0.2, -0.15) is 0 Å². The lowest BCUT2D eigenvalue weighted by Gasteiger charge is -1.93. The van der Waals surface area contributed by atoms with Crippen molar-refractivity contribution in [2.45, 2.75) is 13.8 Å². The van der Waals surface area contributed by atoms with Crippen molar-refractivity contribution >= 4 is 23.2 Å². The van der Waals surface area contributed by atoms with Gasteiger partial charge < -0.3 is 0 Å². The molecule has 0 aliphatic rings. The smallest absolute Gasteiger partial charge is 0.0588 e. The van der Waals surface area contributed by atoms with E-state index in [1.165, 1.54) is 0 Å². The van der Waals surface area contributed by atoms with Crippen LogP contribution >= 0.6 is 23.2 Å². The third kappa shape index (κ3) is 3.76. The zero-order valence-electron chi connectivity index (χ0n) is 6.12. The van der Waals surface area contributed by atoms with Crippen molar-refractivity contribution in [1.82, 2.24) is 0 Å². The van der Waals surface area contributed by atoms with Gasteiger partial charge in [-0.25, -0.2) is 0 Å². The summed E-state index contributed by atoms with van der Waals surface area (Å²) < 4.78 is 0. The average Bonchev–Trinajstić information content (AvgIpc) is 1.87. The first-order valence-electron chi connectivity index (χ1n) is 2.92. The van der Waals surface area contributed by atoms with Crippen LogP contribution in [-0.4, -0.2) is 0 Å². The van der Waals surface area contributed by atoms with Crippen LogP contribution in [0, 0.1) is 0 Å². The van der Waals surface area contributed by atoms with E-state index in [0.717, 1.165) is 5.57 Å². The molecule has 0 aromatic rings. The Hall–Kier alpha value is -0.200. The van der Waals surface area contributed by atoms with Crippen LogP contribution in [0.1, 0.15) is 13.8 Å². The quantitative estimate of drug-likeness (QED) is 0.562. The van der Waals surface area contributed by atoms with Crippen LogP contribution in [0.25, 0.3) is 0 Å². The molecule has 0 aliphatic carbocycles. The normalized spacial score (nSPS) is 13.6. The maximum atomic E-state index is 5.68. The lowest BCUT2D eigenvalue weighted by atomic mass is 10.2. The molecule has 0 aromatic carbocycles. The van der Waals surface area contributed by atoms with Gasteiger partial charge in [-0.05, 0) is 19.9 Å². The molecule has 0 bridgehead atoms. The molecule has 0 spiro atoms. The molecule has 0 nitrogen and oxygen atoms in total. The van der Waals surface area contributed by atoms with Gasteiger partial charge in [-0.15, -0.1) is 0 Å². The largest absolute Gasteiger partial charge is 0.0847 e. The van der Waals surface area contributed by atoms with Gasteiger partial charge in [0.15, 0.2) is 0 Å². The first kappa shape index (κ1) is 9.80. The maximum absolute atomic E-state index is 5.68. The first-order valence-corrected chi connectivity index (χ1v) is 3.68. The minimum Gasteiger partial charge on any atom is -0.0847 e. The van der Waals surface area contributed by atoms with Gasteiger partial charge in [-0.3, -0.25) is 0 Å². The molecular weight excluding hydrogens is 167 g/mol. The van der Waals surface area contributed by atoms with E-state index in [2.05, 4.69) is 6.58 Å². The molecular formula is C8H10Cl2. The predicted octanol–water partition coefficient (Wildman–Crippen LogP) is 3.83. The molecule has 0 rings (SSSR count). The molecule has 0 unspecified atom stereocenters. The standard InChI is InChI=1S/C8H10Cl2/c1-4-6(2)5-8(10)7(3)9/h4-5H,3H2,1-2H3/b6-4-,8-5+. The second-order valence-electron chi connectivity index (χ2n) is 1.93. The van der Waals surface area contributed by atoms with Crippen molar-refractivity contribution in [3.8, 4) is 0 Å². The Labute approximate surface area is 71.8 Å². The highest BCUT2D eigenvalue weighted by Crippen LogP contribution is 2.18. The fourth-order valence-corrected chi connectivity index (χ4v) is 0.588. The van der Waals surface area contributed by atoms with Crippen LogP contribution < -0.4 is 0 Å². The van der Waals surface area contributed by atoms with E-state index < -0.39 is 0 Å². The van der Waals surface area contributed by atoms with Crippen LogP contribution in [0.15, 0.2) is 34.4 Å². The van der Waals surface area contributed by atoms with Crippen molar-refractivity contribution in [3.05, 3.63) is 34.4 Å². The van der Waals surface area contributed by atoms with E-state index in [0.29, 0.717) is 10.1 Å². The molecule has 0 aromatic heterocycles. The Morgan fingerprint density at radius 3 is 2.20 bits per heavy atom. The van der Waals surface area contributed by atoms with Crippen molar-refractivity contribution in [1.29, 1.82) is 0 Å². The fraction of sp³-hybridized carbons (Fsp3) is 0.250. The summed E-state index contributed by atoms with van der Waals surface area (Å²) in [7, 11) is 0. The number of allylic oxidation sites excluding steroid dienone is 5. The summed E-state index contributed by atoms with van der Waals surface area (Å²) >= 11 is 11.2. The van der Waals surface area contributed by atoms with Crippen molar-refractivity contribution in [2.75, 3.05) is 0 Å². The minimum absolute atomic E-state index is 0.378. The van der Waals surface area contributed by atoms with Crippen LogP contribution in [0.4, 0.5) is 0 Å². The molecule has 0 fully saturated rings. The predicted molar refractivity (Wildman–Crippen MR) is 48.4 cm³/mol. The minimum atomic E-state index is 0.378. The van der Waals surface area contributed by atoms with E-state index >= 15 is 0 Å². The molecule has 2 heteroatoms. The Kier molecular flexibility index (Phi) is 4.50. The number of halogens is 2. The van der Waals surface area contributed by atoms with E-state index in [-0.39, 0.29) is 0 Å². The lowest BCUT2D eigenvalue weighted by Crippen LogP contribution is -1.71. The lowest BCUT2D eigenvalue weighted by molar-refractivity contribution is 1.47. The van der Waals surface area contributed by atoms with Crippen molar-refractivity contribution in [2.24, 2.45) is 0 Å². The van der Waals surface area contributed by atoms with E-state index in [1.807, 2.05) is 19.9 Å². The van der Waals surface area contributed by atoms with E-state index in [4.69, 9.17) is 23.2 Å². The number of hydrogen-bond donors (Lipinski definition) is 0. The van der Waals surface area contributed by atoms with Crippen molar-refractivity contribution < 1.29 is 0 Å². The molecule has 0 saturated heterocycles. The average molecular weight is 177 g/mol. The van der Waals surface area contributed by atoms with Gasteiger partial charge in [0.05, 0.1) is 10.1 Å². The maximum Gasteiger partial charge on any atom is 0.0588 e. The van der Waals surface area contributed by atoms with Gasteiger partial charge in [-0.1, -0.05) is 41.4 Å². The molecule has 0 aliphatic heterocycles. The fourth-order valence-electron chi connectivity index (χ4n) is 0.362. The molecule has 0 saturated carbocycles. The van der Waals surface area contributed by atoms with Gasteiger partial charge in [0.1, 0.15) is 0 Å². The molecule has 0 radical (unpaired) electrons. The molecule has 0 N–H and O–H groups in total. The van der Waals surface area contributed by atoms with Gasteiger partial charge in [0.2, 0.25) is 0 Å². The summed E-state index contributed by atoms with van der Waals surface area (Å²) in [5.41, 5.74) is 1.08. The second-order valence-corrected chi connectivity index (χ2v) is 2.79. The van der Waals surface area contributed by atoms with Crippen LogP contribution in [0.3, 0.4) is 0 Å². The molecule has 0 heterocycles. The summed E-state index contributed by atoms with van der Waals surface area (Å²) in [5, 5.41) is 0.875. The monoisotopic (exact) mass is 176 g/mol. The highest BCUT2D eigenvalue weighted by molar-refractivity contribution is 6.43. The van der Waals surface area contributed by atoms with Gasteiger partial charge in [0.25, 0.3) is 0 Å². The summed E-state index contributed by atoms with van der Waals surface area (Å²) in [6, 6.07) is 0. The highest BCUT2D eigenvalue weighted by Gasteiger charge is 1.92. The molecule has 10 heavy (non-hydrogen) atoms. The third-order valence-corrected chi connectivity index (χ3v) is 1.71. The molecule has 56 valence electrons. The summed E-state index contributed by atoms with van der Waals surface area (Å²) in [5.74, 6) is 0. The Morgan fingerprint density at radius 2 is 1.90 bits per heavy atom. The van der Waals surface area contributed by atoms with Gasteiger partial charge >= 0.3 is 0 Å². The van der Waals surface area contributed by atoms with Gasteiger partial charge in [0, 0.05) is 0 Å². The Balaban J connectivity index is 4.31. The topological polar surface area (TPSA) is 0 Å².